The van der Waals surface area contributed by atoms with Crippen LogP contribution < -0.4 is 11.1 Å². The first-order valence-corrected chi connectivity index (χ1v) is 6.67. The van der Waals surface area contributed by atoms with Crippen molar-refractivity contribution in [2.75, 3.05) is 5.32 Å². The predicted molar refractivity (Wildman–Crippen MR) is 82.7 cm³/mol. The molecule has 0 aromatic heterocycles. The fourth-order valence-electron chi connectivity index (χ4n) is 2.34. The van der Waals surface area contributed by atoms with E-state index in [4.69, 9.17) is 5.73 Å². The van der Waals surface area contributed by atoms with Gasteiger partial charge in [-0.2, -0.15) is 0 Å². The number of benzene rings is 2. The van der Waals surface area contributed by atoms with Crippen LogP contribution >= 0.6 is 0 Å². The van der Waals surface area contributed by atoms with Gasteiger partial charge in [-0.05, 0) is 43.5 Å². The molecule has 104 valence electrons. The van der Waals surface area contributed by atoms with Crippen molar-refractivity contribution in [3.63, 3.8) is 0 Å². The number of para-hydroxylation sites is 1. The second kappa shape index (κ2) is 5.78. The summed E-state index contributed by atoms with van der Waals surface area (Å²) in [6.07, 6.45) is 0. The molecule has 0 aliphatic heterocycles. The Kier molecular flexibility index (Phi) is 4.08. The Morgan fingerprint density at radius 3 is 2.35 bits per heavy atom. The normalized spacial score (nSPS) is 11.9. The molecule has 2 rings (SSSR count). The van der Waals surface area contributed by atoms with E-state index < -0.39 is 6.04 Å². The summed E-state index contributed by atoms with van der Waals surface area (Å²) in [5.41, 5.74) is 10.7. The third kappa shape index (κ3) is 2.99. The first-order chi connectivity index (χ1) is 9.49. The van der Waals surface area contributed by atoms with Gasteiger partial charge in [0.2, 0.25) is 5.91 Å². The van der Waals surface area contributed by atoms with E-state index in [9.17, 15) is 4.79 Å². The Morgan fingerprint density at radius 1 is 1.05 bits per heavy atom. The number of hydrogen-bond acceptors (Lipinski definition) is 2. The highest BCUT2D eigenvalue weighted by molar-refractivity contribution is 5.85. The molecule has 2 aromatic rings. The molecule has 3 nitrogen and oxygen atoms in total. The maximum absolute atomic E-state index is 11.8. The topological polar surface area (TPSA) is 55.1 Å². The zero-order valence-electron chi connectivity index (χ0n) is 12.1. The zero-order valence-corrected chi connectivity index (χ0v) is 12.1. The lowest BCUT2D eigenvalue weighted by molar-refractivity contribution is -0.118. The first kappa shape index (κ1) is 14.1. The zero-order chi connectivity index (χ0) is 14.7. The summed E-state index contributed by atoms with van der Waals surface area (Å²) >= 11 is 0. The molecule has 20 heavy (non-hydrogen) atoms. The van der Waals surface area contributed by atoms with Gasteiger partial charge in [0.15, 0.2) is 0 Å². The molecule has 3 N–H and O–H groups in total. The molecule has 0 heterocycles. The Balaban J connectivity index is 2.37. The lowest BCUT2D eigenvalue weighted by Gasteiger charge is -2.20. The van der Waals surface area contributed by atoms with Gasteiger partial charge in [0.05, 0.1) is 0 Å². The summed E-state index contributed by atoms with van der Waals surface area (Å²) in [5.74, 6) is -0.375. The van der Waals surface area contributed by atoms with E-state index >= 15 is 0 Å². The molecule has 0 saturated carbocycles. The van der Waals surface area contributed by atoms with E-state index in [1.54, 1.807) is 0 Å². The summed E-state index contributed by atoms with van der Waals surface area (Å²) in [6.45, 7) is 6.03. The molecular formula is C17H20N2O. The van der Waals surface area contributed by atoms with Crippen LogP contribution in [0.15, 0.2) is 42.5 Å². The molecule has 2 aromatic carbocycles. The molecule has 0 aliphatic carbocycles. The van der Waals surface area contributed by atoms with Gasteiger partial charge in [0, 0.05) is 5.69 Å². The number of nitrogens with two attached hydrogens (primary N) is 1. The molecule has 0 aliphatic rings. The highest BCUT2D eigenvalue weighted by atomic mass is 16.1. The highest BCUT2D eigenvalue weighted by Crippen LogP contribution is 2.25. The molecule has 1 atom stereocenters. The number of aryl methyl sites for hydroxylation is 3. The largest absolute Gasteiger partial charge is 0.370 e. The number of rotatable bonds is 4. The van der Waals surface area contributed by atoms with Crippen molar-refractivity contribution < 1.29 is 4.79 Å². The van der Waals surface area contributed by atoms with E-state index in [1.807, 2.05) is 57.2 Å². The van der Waals surface area contributed by atoms with Crippen LogP contribution in [-0.2, 0) is 4.79 Å². The van der Waals surface area contributed by atoms with Gasteiger partial charge >= 0.3 is 0 Å². The number of anilines is 1. The maximum Gasteiger partial charge on any atom is 0.244 e. The second-order valence-electron chi connectivity index (χ2n) is 5.15. The molecule has 0 fully saturated rings. The molecule has 0 spiro atoms. The Hall–Kier alpha value is -2.29. The van der Waals surface area contributed by atoms with Gasteiger partial charge in [0.25, 0.3) is 0 Å². The van der Waals surface area contributed by atoms with Crippen molar-refractivity contribution in [1.82, 2.24) is 0 Å². The first-order valence-electron chi connectivity index (χ1n) is 6.67. The van der Waals surface area contributed by atoms with Crippen molar-refractivity contribution >= 4 is 11.6 Å². The number of amides is 1. The Labute approximate surface area is 119 Å². The van der Waals surface area contributed by atoms with Gasteiger partial charge in [0.1, 0.15) is 6.04 Å². The van der Waals surface area contributed by atoms with Crippen molar-refractivity contribution in [3.8, 4) is 0 Å². The summed E-state index contributed by atoms with van der Waals surface area (Å²) in [4.78, 5) is 11.8. The second-order valence-corrected chi connectivity index (χ2v) is 5.15. The Morgan fingerprint density at radius 2 is 1.75 bits per heavy atom. The van der Waals surface area contributed by atoms with Gasteiger partial charge in [-0.3, -0.25) is 4.79 Å². The van der Waals surface area contributed by atoms with Crippen LogP contribution in [0.4, 0.5) is 5.69 Å². The predicted octanol–water partition coefficient (Wildman–Crippen LogP) is 3.25. The van der Waals surface area contributed by atoms with Crippen molar-refractivity contribution in [2.24, 2.45) is 5.73 Å². The number of carbonyl (C=O) groups is 1. The summed E-state index contributed by atoms with van der Waals surface area (Å²) in [7, 11) is 0. The minimum absolute atomic E-state index is 0.375. The lowest BCUT2D eigenvalue weighted by Crippen LogP contribution is -2.28. The maximum atomic E-state index is 11.8. The van der Waals surface area contributed by atoms with Crippen molar-refractivity contribution in [1.29, 1.82) is 0 Å². The van der Waals surface area contributed by atoms with E-state index in [-0.39, 0.29) is 5.91 Å². The Bertz CT molecular complexity index is 635. The fraction of sp³-hybridized carbons (Fsp3) is 0.235. The quantitative estimate of drug-likeness (QED) is 0.894. The molecule has 0 bridgehead atoms. The van der Waals surface area contributed by atoms with Crippen LogP contribution in [0.25, 0.3) is 0 Å². The average Bonchev–Trinajstić information content (AvgIpc) is 2.38. The number of carbonyl (C=O) groups excluding carboxylic acids is 1. The minimum Gasteiger partial charge on any atom is -0.370 e. The summed E-state index contributed by atoms with van der Waals surface area (Å²) < 4.78 is 0. The molecule has 0 saturated heterocycles. The number of nitrogens with one attached hydrogen (secondary N) is 1. The van der Waals surface area contributed by atoms with Crippen LogP contribution in [0.5, 0.6) is 0 Å². The average molecular weight is 268 g/mol. The van der Waals surface area contributed by atoms with Crippen LogP contribution in [0.3, 0.4) is 0 Å². The van der Waals surface area contributed by atoms with Gasteiger partial charge < -0.3 is 11.1 Å². The lowest BCUT2D eigenvalue weighted by atomic mass is 9.98. The van der Waals surface area contributed by atoms with Crippen LogP contribution in [0.1, 0.15) is 28.3 Å². The van der Waals surface area contributed by atoms with Crippen molar-refractivity contribution in [3.05, 3.63) is 64.7 Å². The van der Waals surface area contributed by atoms with Crippen LogP contribution in [-0.4, -0.2) is 5.91 Å². The van der Waals surface area contributed by atoms with Crippen LogP contribution in [0, 0.1) is 20.8 Å². The standard InChI is InChI=1S/C17H20N2O/c1-11-8-9-14(13(3)10-11)16(17(18)20)19-15-7-5-4-6-12(15)2/h4-10,16,19H,1-3H3,(H2,18,20). The molecule has 0 radical (unpaired) electrons. The number of primary amides is 1. The van der Waals surface area contributed by atoms with Crippen LogP contribution in [0.2, 0.25) is 0 Å². The van der Waals surface area contributed by atoms with Gasteiger partial charge in [-0.25, -0.2) is 0 Å². The minimum atomic E-state index is -0.517. The number of hydrogen-bond donors (Lipinski definition) is 2. The molecule has 1 amide bonds. The highest BCUT2D eigenvalue weighted by Gasteiger charge is 2.20. The fourth-order valence-corrected chi connectivity index (χ4v) is 2.34. The van der Waals surface area contributed by atoms with E-state index in [0.717, 1.165) is 22.4 Å². The molecule has 1 unspecified atom stereocenters. The SMILES string of the molecule is Cc1ccc(C(Nc2ccccc2C)C(N)=O)c(C)c1. The molecular weight excluding hydrogens is 248 g/mol. The van der Waals surface area contributed by atoms with Crippen molar-refractivity contribution in [2.45, 2.75) is 26.8 Å². The monoisotopic (exact) mass is 268 g/mol. The van der Waals surface area contributed by atoms with Gasteiger partial charge in [-0.15, -0.1) is 0 Å². The smallest absolute Gasteiger partial charge is 0.244 e. The third-order valence-corrected chi connectivity index (χ3v) is 3.47. The summed E-state index contributed by atoms with van der Waals surface area (Å²) in [5, 5.41) is 3.25. The summed E-state index contributed by atoms with van der Waals surface area (Å²) in [6, 6.07) is 13.4. The molecule has 3 heteroatoms. The van der Waals surface area contributed by atoms with E-state index in [2.05, 4.69) is 11.4 Å². The van der Waals surface area contributed by atoms with E-state index in [1.165, 1.54) is 5.56 Å². The van der Waals surface area contributed by atoms with E-state index in [0.29, 0.717) is 0 Å². The third-order valence-electron chi connectivity index (χ3n) is 3.47. The van der Waals surface area contributed by atoms with Gasteiger partial charge in [-0.1, -0.05) is 42.0 Å².